The Labute approximate surface area is 169 Å². The first-order valence-corrected chi connectivity index (χ1v) is 10.1. The molecule has 3 aromatic rings. The summed E-state index contributed by atoms with van der Waals surface area (Å²) >= 11 is 0. The van der Waals surface area contributed by atoms with E-state index in [0.29, 0.717) is 25.2 Å². The summed E-state index contributed by atoms with van der Waals surface area (Å²) in [5, 5.41) is 11.5. The van der Waals surface area contributed by atoms with Crippen LogP contribution in [0.1, 0.15) is 31.9 Å². The van der Waals surface area contributed by atoms with Crippen LogP contribution in [0, 0.1) is 0 Å². The highest BCUT2D eigenvalue weighted by molar-refractivity contribution is 5.61. The molecule has 154 valence electrons. The predicted octanol–water partition coefficient (Wildman–Crippen LogP) is 2.11. The van der Waals surface area contributed by atoms with Gasteiger partial charge in [-0.05, 0) is 19.0 Å². The number of imidazole rings is 1. The van der Waals surface area contributed by atoms with Gasteiger partial charge in [-0.3, -0.25) is 0 Å². The molecule has 2 aliphatic rings. The molecule has 9 heteroatoms. The van der Waals surface area contributed by atoms with Gasteiger partial charge in [-0.15, -0.1) is 0 Å². The summed E-state index contributed by atoms with van der Waals surface area (Å²) in [5.74, 6) is 1.61. The smallest absolute Gasteiger partial charge is 0.223 e. The Kier molecular flexibility index (Phi) is 5.86. The van der Waals surface area contributed by atoms with E-state index in [-0.39, 0.29) is 5.92 Å². The topological polar surface area (TPSA) is 98.5 Å². The minimum Gasteiger partial charge on any atom is -0.495 e. The van der Waals surface area contributed by atoms with Crippen LogP contribution in [-0.2, 0) is 4.74 Å². The maximum Gasteiger partial charge on any atom is 0.223 e. The first-order chi connectivity index (χ1) is 14.3. The average Bonchev–Trinajstić information content (AvgIpc) is 3.37. The molecule has 2 fully saturated rings. The average molecular weight is 397 g/mol. The third-order valence-electron chi connectivity index (χ3n) is 5.04. The Bertz CT molecular complexity index is 965. The number of anilines is 1. The number of nitrogens with zero attached hydrogens (tertiary/aromatic N) is 5. The van der Waals surface area contributed by atoms with E-state index in [1.807, 2.05) is 30.5 Å². The van der Waals surface area contributed by atoms with Crippen molar-refractivity contribution in [3.05, 3.63) is 30.2 Å². The van der Waals surface area contributed by atoms with Gasteiger partial charge in [-0.1, -0.05) is 13.8 Å². The first kappa shape index (κ1) is 19.5. The van der Waals surface area contributed by atoms with Crippen molar-refractivity contribution in [1.29, 1.82) is 0 Å². The molecule has 0 aromatic carbocycles. The number of ether oxygens (including phenoxy) is 2. The minimum absolute atomic E-state index is 0.247. The largest absolute Gasteiger partial charge is 0.495 e. The third kappa shape index (κ3) is 3.88. The SMILES string of the molecule is CC.COc1cc2ncc(-c3ccnc(NC4CCNC4)n3)n2nc1C1COC1. The molecule has 9 nitrogen and oxygen atoms in total. The summed E-state index contributed by atoms with van der Waals surface area (Å²) in [5.41, 5.74) is 3.21. The van der Waals surface area contributed by atoms with Gasteiger partial charge in [0.2, 0.25) is 5.95 Å². The number of methoxy groups -OCH3 is 1. The molecule has 1 atom stereocenters. The molecule has 0 radical (unpaired) electrons. The molecule has 1 unspecified atom stereocenters. The fourth-order valence-electron chi connectivity index (χ4n) is 3.46. The van der Waals surface area contributed by atoms with Crippen LogP contribution in [0.15, 0.2) is 24.5 Å². The number of fused-ring (bicyclic) bond motifs is 1. The van der Waals surface area contributed by atoms with Crippen LogP contribution in [0.2, 0.25) is 0 Å². The van der Waals surface area contributed by atoms with Gasteiger partial charge in [-0.25, -0.2) is 19.5 Å². The summed E-state index contributed by atoms with van der Waals surface area (Å²) in [4.78, 5) is 13.5. The molecule has 2 N–H and O–H groups in total. The second kappa shape index (κ2) is 8.71. The highest BCUT2D eigenvalue weighted by Gasteiger charge is 2.27. The molecular weight excluding hydrogens is 370 g/mol. The number of rotatable bonds is 5. The molecule has 5 heterocycles. The summed E-state index contributed by atoms with van der Waals surface area (Å²) in [6.07, 6.45) is 4.61. The third-order valence-corrected chi connectivity index (χ3v) is 5.04. The molecule has 0 spiro atoms. The molecule has 0 amide bonds. The lowest BCUT2D eigenvalue weighted by molar-refractivity contribution is 0.00530. The quantitative estimate of drug-likeness (QED) is 0.675. The zero-order chi connectivity index (χ0) is 20.2. The maximum absolute atomic E-state index is 5.51. The monoisotopic (exact) mass is 397 g/mol. The Morgan fingerprint density at radius 3 is 2.83 bits per heavy atom. The second-order valence-electron chi connectivity index (χ2n) is 6.85. The lowest BCUT2D eigenvalue weighted by Gasteiger charge is -2.26. The molecule has 0 aliphatic carbocycles. The van der Waals surface area contributed by atoms with Gasteiger partial charge >= 0.3 is 0 Å². The number of aromatic nitrogens is 5. The van der Waals surface area contributed by atoms with Crippen LogP contribution in [0.3, 0.4) is 0 Å². The van der Waals surface area contributed by atoms with Crippen molar-refractivity contribution < 1.29 is 9.47 Å². The molecule has 5 rings (SSSR count). The fraction of sp³-hybridized carbons (Fsp3) is 0.500. The van der Waals surface area contributed by atoms with Crippen molar-refractivity contribution in [2.45, 2.75) is 32.2 Å². The zero-order valence-electron chi connectivity index (χ0n) is 17.1. The molecule has 2 saturated heterocycles. The first-order valence-electron chi connectivity index (χ1n) is 10.1. The van der Waals surface area contributed by atoms with Gasteiger partial charge in [0.25, 0.3) is 0 Å². The number of hydrogen-bond donors (Lipinski definition) is 2. The lowest BCUT2D eigenvalue weighted by atomic mass is 10.0. The Hall–Kier alpha value is -2.78. The fourth-order valence-corrected chi connectivity index (χ4v) is 3.46. The Morgan fingerprint density at radius 1 is 1.28 bits per heavy atom. The van der Waals surface area contributed by atoms with Crippen LogP contribution in [-0.4, -0.2) is 64.0 Å². The van der Waals surface area contributed by atoms with Gasteiger partial charge in [0.15, 0.2) is 5.65 Å². The second-order valence-corrected chi connectivity index (χ2v) is 6.85. The van der Waals surface area contributed by atoms with Crippen molar-refractivity contribution in [2.75, 3.05) is 38.7 Å². The highest BCUT2D eigenvalue weighted by atomic mass is 16.5. The number of hydrogen-bond acceptors (Lipinski definition) is 8. The van der Waals surface area contributed by atoms with E-state index in [4.69, 9.17) is 14.6 Å². The van der Waals surface area contributed by atoms with Gasteiger partial charge < -0.3 is 20.1 Å². The predicted molar refractivity (Wildman–Crippen MR) is 110 cm³/mol. The molecule has 3 aromatic heterocycles. The molecular formula is C20H27N7O2. The van der Waals surface area contributed by atoms with Crippen LogP contribution >= 0.6 is 0 Å². The summed E-state index contributed by atoms with van der Waals surface area (Å²) in [7, 11) is 1.65. The van der Waals surface area contributed by atoms with Crippen LogP contribution in [0.5, 0.6) is 5.75 Å². The van der Waals surface area contributed by atoms with E-state index in [1.165, 1.54) is 0 Å². The maximum atomic E-state index is 5.51. The van der Waals surface area contributed by atoms with E-state index in [1.54, 1.807) is 19.5 Å². The highest BCUT2D eigenvalue weighted by Crippen LogP contribution is 2.31. The van der Waals surface area contributed by atoms with E-state index < -0.39 is 0 Å². The Balaban J connectivity index is 0.000000994. The van der Waals surface area contributed by atoms with Gasteiger partial charge in [-0.2, -0.15) is 5.10 Å². The summed E-state index contributed by atoms with van der Waals surface area (Å²) in [6, 6.07) is 4.14. The van der Waals surface area contributed by atoms with E-state index >= 15 is 0 Å². The summed E-state index contributed by atoms with van der Waals surface area (Å²) < 4.78 is 12.6. The normalized spacial score (nSPS) is 18.8. The van der Waals surface area contributed by atoms with Crippen molar-refractivity contribution in [2.24, 2.45) is 0 Å². The van der Waals surface area contributed by atoms with Crippen LogP contribution in [0.25, 0.3) is 17.0 Å². The van der Waals surface area contributed by atoms with Gasteiger partial charge in [0.05, 0.1) is 38.1 Å². The minimum atomic E-state index is 0.247. The lowest BCUT2D eigenvalue weighted by Crippen LogP contribution is -2.27. The van der Waals surface area contributed by atoms with Gasteiger partial charge in [0.1, 0.15) is 17.1 Å². The van der Waals surface area contributed by atoms with Crippen LogP contribution in [0.4, 0.5) is 5.95 Å². The van der Waals surface area contributed by atoms with E-state index in [2.05, 4.69) is 25.6 Å². The van der Waals surface area contributed by atoms with Crippen molar-refractivity contribution in [3.63, 3.8) is 0 Å². The van der Waals surface area contributed by atoms with Crippen molar-refractivity contribution in [3.8, 4) is 17.1 Å². The molecule has 29 heavy (non-hydrogen) atoms. The van der Waals surface area contributed by atoms with Gasteiger partial charge in [0, 0.05) is 24.8 Å². The van der Waals surface area contributed by atoms with Crippen molar-refractivity contribution in [1.82, 2.24) is 29.9 Å². The van der Waals surface area contributed by atoms with E-state index in [9.17, 15) is 0 Å². The summed E-state index contributed by atoms with van der Waals surface area (Å²) in [6.45, 7) is 7.27. The van der Waals surface area contributed by atoms with Crippen molar-refractivity contribution >= 4 is 11.6 Å². The van der Waals surface area contributed by atoms with Crippen LogP contribution < -0.4 is 15.4 Å². The Morgan fingerprint density at radius 2 is 2.14 bits per heavy atom. The number of nitrogens with one attached hydrogen (secondary N) is 2. The molecule has 0 saturated carbocycles. The zero-order valence-corrected chi connectivity index (χ0v) is 17.1. The molecule has 0 bridgehead atoms. The molecule has 2 aliphatic heterocycles. The standard InChI is InChI=1S/C18H21N7O2.C2H6/c1-26-15-6-16-21-8-14(25(16)24-17(15)11-9-27-10-11)13-3-5-20-18(23-13)22-12-2-4-19-7-12;1-2/h3,5-6,8,11-12,19H,2,4,7,9-10H2,1H3,(H,20,22,23);1-2H3. The van der Waals surface area contributed by atoms with E-state index in [0.717, 1.165) is 48.0 Å².